The quantitative estimate of drug-likeness (QED) is 0.593. The topological polar surface area (TPSA) is 46.6 Å². The van der Waals surface area contributed by atoms with Crippen molar-refractivity contribution in [3.05, 3.63) is 0 Å². The van der Waals surface area contributed by atoms with Crippen molar-refractivity contribution >= 4 is 11.8 Å². The molecule has 0 N–H and O–H groups in total. The number of hydrogen-bond donors (Lipinski definition) is 0. The summed E-state index contributed by atoms with van der Waals surface area (Å²) < 4.78 is 5.79. The zero-order valence-electron chi connectivity index (χ0n) is 9.03. The van der Waals surface area contributed by atoms with E-state index in [0.717, 1.165) is 12.8 Å². The molecule has 3 heterocycles. The van der Waals surface area contributed by atoms with Gasteiger partial charge < -0.3 is 4.74 Å². The maximum Gasteiger partial charge on any atom is 0.236 e. The van der Waals surface area contributed by atoms with Gasteiger partial charge in [0.15, 0.2) is 0 Å². The Balaban J connectivity index is 2.03. The molecule has 2 amide bonds. The minimum Gasteiger partial charge on any atom is -0.370 e. The average molecular weight is 209 g/mol. The SMILES string of the molecule is CCN1C(=O)C2C3CCC(C)(O3)C2C1=O. The Kier molecular flexibility index (Phi) is 1.63. The van der Waals surface area contributed by atoms with E-state index in [9.17, 15) is 9.59 Å². The number of likely N-dealkylation sites (tertiary alicyclic amines) is 1. The second-order valence-electron chi connectivity index (χ2n) is 4.93. The summed E-state index contributed by atoms with van der Waals surface area (Å²) in [5.74, 6) is -0.418. The van der Waals surface area contributed by atoms with Crippen LogP contribution >= 0.6 is 0 Å². The van der Waals surface area contributed by atoms with E-state index in [1.807, 2.05) is 13.8 Å². The lowest BCUT2D eigenvalue weighted by Crippen LogP contribution is -2.39. The molecule has 3 aliphatic rings. The Hall–Kier alpha value is -0.900. The van der Waals surface area contributed by atoms with Gasteiger partial charge in [0.25, 0.3) is 0 Å². The van der Waals surface area contributed by atoms with Crippen LogP contribution in [-0.4, -0.2) is 35.0 Å². The molecule has 15 heavy (non-hydrogen) atoms. The standard InChI is InChI=1S/C11H15NO3/c1-3-12-9(13)7-6-4-5-11(2,15-6)8(7)10(12)14/h6-8H,3-5H2,1-2H3. The van der Waals surface area contributed by atoms with Crippen LogP contribution < -0.4 is 0 Å². The Morgan fingerprint density at radius 3 is 2.80 bits per heavy atom. The second-order valence-corrected chi connectivity index (χ2v) is 4.93. The third-order valence-corrected chi connectivity index (χ3v) is 4.16. The van der Waals surface area contributed by atoms with Crippen LogP contribution in [0.25, 0.3) is 0 Å². The number of ether oxygens (including phenoxy) is 1. The molecule has 3 rings (SSSR count). The fourth-order valence-electron chi connectivity index (χ4n) is 3.45. The molecule has 2 bridgehead atoms. The largest absolute Gasteiger partial charge is 0.370 e. The van der Waals surface area contributed by atoms with Gasteiger partial charge in [0, 0.05) is 6.54 Å². The molecule has 4 atom stereocenters. The highest BCUT2D eigenvalue weighted by Crippen LogP contribution is 2.54. The molecule has 0 aromatic carbocycles. The average Bonchev–Trinajstić information content (AvgIpc) is 2.77. The molecular formula is C11H15NO3. The lowest BCUT2D eigenvalue weighted by molar-refractivity contribution is -0.144. The van der Waals surface area contributed by atoms with E-state index in [0.29, 0.717) is 6.54 Å². The van der Waals surface area contributed by atoms with Crippen LogP contribution in [0.15, 0.2) is 0 Å². The summed E-state index contributed by atoms with van der Waals surface area (Å²) in [4.78, 5) is 25.4. The third-order valence-electron chi connectivity index (χ3n) is 4.16. The highest BCUT2D eigenvalue weighted by Gasteiger charge is 2.67. The van der Waals surface area contributed by atoms with Crippen molar-refractivity contribution in [2.75, 3.05) is 6.54 Å². The van der Waals surface area contributed by atoms with Crippen LogP contribution in [0.2, 0.25) is 0 Å². The summed E-state index contributed by atoms with van der Waals surface area (Å²) >= 11 is 0. The molecule has 82 valence electrons. The zero-order valence-corrected chi connectivity index (χ0v) is 9.03. The first-order valence-electron chi connectivity index (χ1n) is 5.61. The molecule has 4 heteroatoms. The number of carbonyl (C=O) groups is 2. The molecule has 0 aromatic rings. The van der Waals surface area contributed by atoms with E-state index in [2.05, 4.69) is 0 Å². The predicted octanol–water partition coefficient (Wildman–Crippen LogP) is 0.559. The first-order chi connectivity index (χ1) is 7.08. The first kappa shape index (κ1) is 9.33. The fraction of sp³-hybridized carbons (Fsp3) is 0.818. The molecule has 0 radical (unpaired) electrons. The minimum absolute atomic E-state index is 0.00648. The predicted molar refractivity (Wildman–Crippen MR) is 51.9 cm³/mol. The highest BCUT2D eigenvalue weighted by atomic mass is 16.5. The van der Waals surface area contributed by atoms with Gasteiger partial charge in [0.2, 0.25) is 11.8 Å². The van der Waals surface area contributed by atoms with E-state index < -0.39 is 0 Å². The van der Waals surface area contributed by atoms with Crippen LogP contribution in [0, 0.1) is 11.8 Å². The monoisotopic (exact) mass is 209 g/mol. The maximum absolute atomic E-state index is 12.0. The smallest absolute Gasteiger partial charge is 0.236 e. The second kappa shape index (κ2) is 2.61. The molecule has 0 aliphatic carbocycles. The normalized spacial score (nSPS) is 47.9. The van der Waals surface area contributed by atoms with E-state index in [-0.39, 0.29) is 35.4 Å². The summed E-state index contributed by atoms with van der Waals surface area (Å²) in [6.07, 6.45) is 1.83. The number of carbonyl (C=O) groups excluding carboxylic acids is 2. The Morgan fingerprint density at radius 2 is 2.20 bits per heavy atom. The summed E-state index contributed by atoms with van der Waals surface area (Å²) in [5.41, 5.74) is -0.369. The molecule has 4 nitrogen and oxygen atoms in total. The van der Waals surface area contributed by atoms with Crippen molar-refractivity contribution < 1.29 is 14.3 Å². The number of amides is 2. The van der Waals surface area contributed by atoms with Crippen molar-refractivity contribution in [2.45, 2.75) is 38.4 Å². The molecule has 3 fully saturated rings. The van der Waals surface area contributed by atoms with E-state index in [1.54, 1.807) is 0 Å². The highest BCUT2D eigenvalue weighted by molar-refractivity contribution is 6.06. The van der Waals surface area contributed by atoms with Crippen molar-refractivity contribution in [2.24, 2.45) is 11.8 Å². The number of imide groups is 1. The van der Waals surface area contributed by atoms with Crippen molar-refractivity contribution in [1.29, 1.82) is 0 Å². The van der Waals surface area contributed by atoms with Gasteiger partial charge in [-0.05, 0) is 26.7 Å². The first-order valence-corrected chi connectivity index (χ1v) is 5.61. The van der Waals surface area contributed by atoms with Crippen LogP contribution in [0.1, 0.15) is 26.7 Å². The molecule has 4 unspecified atom stereocenters. The van der Waals surface area contributed by atoms with E-state index in [4.69, 9.17) is 4.74 Å². The molecule has 0 aromatic heterocycles. The summed E-state index contributed by atoms with van der Waals surface area (Å²) in [6.45, 7) is 4.32. The Labute approximate surface area is 88.6 Å². The van der Waals surface area contributed by atoms with Crippen molar-refractivity contribution in [3.63, 3.8) is 0 Å². The fourth-order valence-corrected chi connectivity index (χ4v) is 3.45. The lowest BCUT2D eigenvalue weighted by atomic mass is 9.74. The van der Waals surface area contributed by atoms with Crippen LogP contribution in [0.5, 0.6) is 0 Å². The lowest BCUT2D eigenvalue weighted by Gasteiger charge is -2.26. The third kappa shape index (κ3) is 0.911. The summed E-state index contributed by atoms with van der Waals surface area (Å²) in [5, 5.41) is 0. The number of nitrogens with zero attached hydrogens (tertiary/aromatic N) is 1. The molecule has 3 aliphatic heterocycles. The summed E-state index contributed by atoms with van der Waals surface area (Å²) in [7, 11) is 0. The van der Waals surface area contributed by atoms with Gasteiger partial charge in [0.05, 0.1) is 23.5 Å². The zero-order chi connectivity index (χ0) is 10.8. The maximum atomic E-state index is 12.0. The van der Waals surface area contributed by atoms with Crippen LogP contribution in [0.4, 0.5) is 0 Å². The van der Waals surface area contributed by atoms with Gasteiger partial charge >= 0.3 is 0 Å². The number of rotatable bonds is 1. The number of hydrogen-bond acceptors (Lipinski definition) is 3. The Morgan fingerprint density at radius 1 is 1.47 bits per heavy atom. The van der Waals surface area contributed by atoms with Gasteiger partial charge in [-0.1, -0.05) is 0 Å². The van der Waals surface area contributed by atoms with Gasteiger partial charge in [0.1, 0.15) is 0 Å². The Bertz CT molecular complexity index is 354. The van der Waals surface area contributed by atoms with Crippen LogP contribution in [-0.2, 0) is 14.3 Å². The van der Waals surface area contributed by atoms with Crippen molar-refractivity contribution in [3.8, 4) is 0 Å². The summed E-state index contributed by atoms with van der Waals surface area (Å²) in [6, 6.07) is 0. The van der Waals surface area contributed by atoms with Gasteiger partial charge in [-0.2, -0.15) is 0 Å². The van der Waals surface area contributed by atoms with E-state index in [1.165, 1.54) is 4.90 Å². The number of fused-ring (bicyclic) bond motifs is 5. The van der Waals surface area contributed by atoms with Gasteiger partial charge in [-0.25, -0.2) is 0 Å². The molecule has 3 saturated heterocycles. The van der Waals surface area contributed by atoms with E-state index >= 15 is 0 Å². The van der Waals surface area contributed by atoms with Crippen molar-refractivity contribution in [1.82, 2.24) is 4.90 Å². The molecule has 0 spiro atoms. The minimum atomic E-state index is -0.369. The van der Waals surface area contributed by atoms with Gasteiger partial charge in [-0.3, -0.25) is 14.5 Å². The molecular weight excluding hydrogens is 194 g/mol. The van der Waals surface area contributed by atoms with Crippen LogP contribution in [0.3, 0.4) is 0 Å². The van der Waals surface area contributed by atoms with Gasteiger partial charge in [-0.15, -0.1) is 0 Å². The molecule has 0 saturated carbocycles.